The first-order valence-corrected chi connectivity index (χ1v) is 6.45. The molecule has 1 aliphatic rings. The van der Waals surface area contributed by atoms with E-state index in [0.29, 0.717) is 6.04 Å². The Hall–Kier alpha value is -1.65. The molecule has 0 amide bonds. The summed E-state index contributed by atoms with van der Waals surface area (Å²) in [4.78, 5) is 18.4. The molecular weight excluding hydrogens is 226 g/mol. The molecule has 0 spiro atoms. The third kappa shape index (κ3) is 2.17. The molecule has 2 aromatic heterocycles. The normalized spacial score (nSPS) is 16.2. The van der Waals surface area contributed by atoms with Crippen LogP contribution in [0.5, 0.6) is 0 Å². The fourth-order valence-corrected chi connectivity index (χ4v) is 2.24. The molecule has 0 radical (unpaired) electrons. The number of aromatic amines is 1. The van der Waals surface area contributed by atoms with E-state index in [0.717, 1.165) is 23.5 Å². The Morgan fingerprint density at radius 1 is 1.28 bits per heavy atom. The highest BCUT2D eigenvalue weighted by Crippen LogP contribution is 2.35. The Morgan fingerprint density at radius 2 is 2.06 bits per heavy atom. The van der Waals surface area contributed by atoms with Gasteiger partial charge in [0.1, 0.15) is 11.8 Å². The van der Waals surface area contributed by atoms with E-state index in [2.05, 4.69) is 45.6 Å². The van der Waals surface area contributed by atoms with Crippen LogP contribution in [0.2, 0.25) is 0 Å². The first kappa shape index (κ1) is 11.4. The van der Waals surface area contributed by atoms with Crippen LogP contribution in [0, 0.1) is 5.41 Å². The largest absolute Gasteiger partial charge is 0.351 e. The van der Waals surface area contributed by atoms with Crippen molar-refractivity contribution in [2.24, 2.45) is 5.41 Å². The lowest BCUT2D eigenvalue weighted by molar-refractivity contribution is 0.407. The lowest BCUT2D eigenvalue weighted by Crippen LogP contribution is -2.35. The molecule has 0 aromatic carbocycles. The van der Waals surface area contributed by atoms with Crippen molar-refractivity contribution < 1.29 is 0 Å². The van der Waals surface area contributed by atoms with E-state index >= 15 is 0 Å². The third-order valence-electron chi connectivity index (χ3n) is 3.11. The third-order valence-corrected chi connectivity index (χ3v) is 3.11. The zero-order valence-electron chi connectivity index (χ0n) is 11.1. The van der Waals surface area contributed by atoms with Crippen molar-refractivity contribution in [3.05, 3.63) is 12.7 Å². The number of rotatable bonds is 3. The number of hydrogen-bond acceptors (Lipinski definition) is 4. The van der Waals surface area contributed by atoms with Gasteiger partial charge in [-0.05, 0) is 18.3 Å². The lowest BCUT2D eigenvalue weighted by Gasteiger charge is -2.31. The predicted molar refractivity (Wildman–Crippen MR) is 71.5 cm³/mol. The molecule has 3 rings (SSSR count). The predicted octanol–water partition coefficient (Wildman–Crippen LogP) is 2.37. The molecule has 96 valence electrons. The van der Waals surface area contributed by atoms with E-state index < -0.39 is 0 Å². The monoisotopic (exact) mass is 245 g/mol. The van der Waals surface area contributed by atoms with E-state index in [-0.39, 0.29) is 5.41 Å². The van der Waals surface area contributed by atoms with Crippen molar-refractivity contribution in [1.82, 2.24) is 19.9 Å². The highest BCUT2D eigenvalue weighted by Gasteiger charge is 2.33. The van der Waals surface area contributed by atoms with E-state index in [9.17, 15) is 0 Å². The van der Waals surface area contributed by atoms with Gasteiger partial charge >= 0.3 is 0 Å². The van der Waals surface area contributed by atoms with Crippen molar-refractivity contribution in [1.29, 1.82) is 0 Å². The second kappa shape index (κ2) is 3.93. The Balaban J connectivity index is 2.01. The highest BCUT2D eigenvalue weighted by molar-refractivity contribution is 5.83. The van der Waals surface area contributed by atoms with Crippen molar-refractivity contribution in [3.8, 4) is 0 Å². The minimum Gasteiger partial charge on any atom is -0.351 e. The maximum Gasteiger partial charge on any atom is 0.182 e. The summed E-state index contributed by atoms with van der Waals surface area (Å²) in [6.07, 6.45) is 5.81. The van der Waals surface area contributed by atoms with Crippen LogP contribution in [0.3, 0.4) is 0 Å². The van der Waals surface area contributed by atoms with Crippen LogP contribution in [0.4, 0.5) is 5.82 Å². The molecule has 1 N–H and O–H groups in total. The van der Waals surface area contributed by atoms with Gasteiger partial charge in [-0.3, -0.25) is 0 Å². The Kier molecular flexibility index (Phi) is 2.50. The van der Waals surface area contributed by atoms with Crippen LogP contribution in [0.15, 0.2) is 12.7 Å². The van der Waals surface area contributed by atoms with Gasteiger partial charge in [-0.1, -0.05) is 20.8 Å². The molecule has 0 aliphatic heterocycles. The zero-order valence-corrected chi connectivity index (χ0v) is 11.1. The summed E-state index contributed by atoms with van der Waals surface area (Å²) in [5.74, 6) is 0.995. The molecule has 2 heterocycles. The summed E-state index contributed by atoms with van der Waals surface area (Å²) < 4.78 is 0. The number of anilines is 1. The van der Waals surface area contributed by atoms with Gasteiger partial charge < -0.3 is 9.88 Å². The summed E-state index contributed by atoms with van der Waals surface area (Å²) >= 11 is 0. The van der Waals surface area contributed by atoms with Gasteiger partial charge in [0.05, 0.1) is 6.33 Å². The minimum absolute atomic E-state index is 0.250. The number of imidazole rings is 1. The summed E-state index contributed by atoms with van der Waals surface area (Å²) in [5.41, 5.74) is 1.95. The van der Waals surface area contributed by atoms with E-state index in [4.69, 9.17) is 0 Å². The Morgan fingerprint density at radius 3 is 2.72 bits per heavy atom. The fourth-order valence-electron chi connectivity index (χ4n) is 2.24. The molecule has 1 fully saturated rings. The van der Waals surface area contributed by atoms with Crippen LogP contribution in [-0.2, 0) is 0 Å². The van der Waals surface area contributed by atoms with Crippen LogP contribution in [-0.4, -0.2) is 32.5 Å². The van der Waals surface area contributed by atoms with Crippen LogP contribution >= 0.6 is 0 Å². The van der Waals surface area contributed by atoms with Crippen LogP contribution in [0.25, 0.3) is 11.2 Å². The first-order valence-electron chi connectivity index (χ1n) is 6.45. The van der Waals surface area contributed by atoms with Crippen LogP contribution in [0.1, 0.15) is 33.6 Å². The number of fused-ring (bicyclic) bond motifs is 1. The quantitative estimate of drug-likeness (QED) is 0.902. The molecule has 2 aromatic rings. The van der Waals surface area contributed by atoms with Crippen molar-refractivity contribution in [3.63, 3.8) is 0 Å². The first-order chi connectivity index (χ1) is 8.54. The standard InChI is InChI=1S/C13H19N5/c1-13(2,3)6-18(9-4-5-9)12-10-11(15-7-14-10)16-8-17-12/h7-9H,4-6H2,1-3H3,(H,14,15,16,17). The second-order valence-corrected chi connectivity index (χ2v) is 6.22. The van der Waals surface area contributed by atoms with Gasteiger partial charge in [0.15, 0.2) is 11.5 Å². The van der Waals surface area contributed by atoms with Gasteiger partial charge in [0.25, 0.3) is 0 Å². The SMILES string of the molecule is CC(C)(C)CN(c1ncnc2nc[nH]c12)C1CC1. The van der Waals surface area contributed by atoms with Gasteiger partial charge in [-0.15, -0.1) is 0 Å². The number of H-pyrrole nitrogens is 1. The van der Waals surface area contributed by atoms with Gasteiger partial charge in [-0.2, -0.15) is 0 Å². The highest BCUT2D eigenvalue weighted by atomic mass is 15.3. The van der Waals surface area contributed by atoms with Crippen molar-refractivity contribution in [2.45, 2.75) is 39.7 Å². The molecule has 0 unspecified atom stereocenters. The lowest BCUT2D eigenvalue weighted by atomic mass is 9.96. The van der Waals surface area contributed by atoms with Crippen molar-refractivity contribution >= 4 is 17.0 Å². The number of nitrogens with zero attached hydrogens (tertiary/aromatic N) is 4. The van der Waals surface area contributed by atoms with Gasteiger partial charge in [0, 0.05) is 12.6 Å². The molecule has 0 saturated heterocycles. The maximum absolute atomic E-state index is 4.47. The summed E-state index contributed by atoms with van der Waals surface area (Å²) in [6.45, 7) is 7.78. The zero-order chi connectivity index (χ0) is 12.8. The van der Waals surface area contributed by atoms with Gasteiger partial charge in [-0.25, -0.2) is 15.0 Å². The smallest absolute Gasteiger partial charge is 0.182 e. The summed E-state index contributed by atoms with van der Waals surface area (Å²) in [7, 11) is 0. The number of aromatic nitrogens is 4. The summed E-state index contributed by atoms with van der Waals surface area (Å²) in [6, 6.07) is 0.630. The van der Waals surface area contributed by atoms with Gasteiger partial charge in [0.2, 0.25) is 0 Å². The van der Waals surface area contributed by atoms with E-state index in [1.807, 2.05) is 0 Å². The van der Waals surface area contributed by atoms with E-state index in [1.165, 1.54) is 12.8 Å². The van der Waals surface area contributed by atoms with Crippen LogP contribution < -0.4 is 4.90 Å². The molecule has 1 saturated carbocycles. The average Bonchev–Trinajstić information content (AvgIpc) is 3.02. The summed E-state index contributed by atoms with van der Waals surface area (Å²) in [5, 5.41) is 0. The maximum atomic E-state index is 4.47. The molecular formula is C13H19N5. The molecule has 0 bridgehead atoms. The Labute approximate surface area is 107 Å². The van der Waals surface area contributed by atoms with E-state index in [1.54, 1.807) is 12.7 Å². The molecule has 0 atom stereocenters. The minimum atomic E-state index is 0.250. The second-order valence-electron chi connectivity index (χ2n) is 6.22. The molecule has 5 heteroatoms. The Bertz CT molecular complexity index is 550. The topological polar surface area (TPSA) is 57.7 Å². The molecule has 1 aliphatic carbocycles. The number of nitrogens with one attached hydrogen (secondary N) is 1. The number of hydrogen-bond donors (Lipinski definition) is 1. The fraction of sp³-hybridized carbons (Fsp3) is 0.615. The van der Waals surface area contributed by atoms with Crippen molar-refractivity contribution in [2.75, 3.05) is 11.4 Å². The molecule has 18 heavy (non-hydrogen) atoms. The average molecular weight is 245 g/mol. The molecule has 5 nitrogen and oxygen atoms in total.